The van der Waals surface area contributed by atoms with Crippen molar-refractivity contribution >= 4 is 153 Å². The fourth-order valence-corrected chi connectivity index (χ4v) is 13.7. The van der Waals surface area contributed by atoms with Gasteiger partial charge in [0.05, 0.1) is 17.9 Å². The van der Waals surface area contributed by atoms with Crippen molar-refractivity contribution in [1.82, 2.24) is 99.9 Å². The van der Waals surface area contributed by atoms with Crippen molar-refractivity contribution in [3.8, 4) is 0 Å². The smallest absolute Gasteiger partial charge is 0.408 e. The molecule has 13 amide bonds. The number of amides is 13. The molecule has 1 aromatic heterocycles. The maximum atomic E-state index is 14.9. The molecule has 5 rings (SSSR count). The number of unbranched alkanes of at least 4 members (excludes halogenated alkanes) is 1. The van der Waals surface area contributed by atoms with E-state index in [2.05, 4.69) is 95.4 Å². The molecule has 45 nitrogen and oxygen atoms in total. The monoisotopic (exact) mass is 1970 g/mol. The van der Waals surface area contributed by atoms with Crippen LogP contribution in [0, 0.1) is 21.6 Å². The highest BCUT2D eigenvalue weighted by molar-refractivity contribution is 6.32. The molecule has 49 heteroatoms. The van der Waals surface area contributed by atoms with E-state index in [1.807, 2.05) is 4.90 Å². The summed E-state index contributed by atoms with van der Waals surface area (Å²) >= 11 is 25.0. The van der Waals surface area contributed by atoms with Crippen molar-refractivity contribution < 1.29 is 81.3 Å². The third kappa shape index (κ3) is 50.0. The number of guanidine groups is 4. The second-order valence-corrected chi connectivity index (χ2v) is 32.2. The number of pyridine rings is 1. The molecule has 0 spiro atoms. The normalized spacial score (nSPS) is 11.9. The number of nitrogens with zero attached hydrogens (tertiary/aromatic N) is 3. The zero-order valence-corrected chi connectivity index (χ0v) is 78.5. The first-order valence-corrected chi connectivity index (χ1v) is 45.7. The van der Waals surface area contributed by atoms with Crippen LogP contribution in [0.2, 0.25) is 20.1 Å². The van der Waals surface area contributed by atoms with Gasteiger partial charge in [-0.1, -0.05) is 126 Å². The van der Waals surface area contributed by atoms with E-state index in [9.17, 15) is 62.3 Å². The third-order valence-corrected chi connectivity index (χ3v) is 21.5. The molecule has 136 heavy (non-hydrogen) atoms. The number of rotatable bonds is 64. The van der Waals surface area contributed by atoms with E-state index in [-0.39, 0.29) is 239 Å². The van der Waals surface area contributed by atoms with Gasteiger partial charge < -0.3 is 137 Å². The number of anilines is 1. The number of halogens is 4. The lowest BCUT2D eigenvalue weighted by atomic mass is 10.0. The average Bonchev–Trinajstić information content (AvgIpc) is 0.860. The lowest BCUT2D eigenvalue weighted by Gasteiger charge is -2.31. The minimum Gasteiger partial charge on any atom is -0.445 e. The fourth-order valence-electron chi connectivity index (χ4n) is 12.9. The zero-order chi connectivity index (χ0) is 99.2. The summed E-state index contributed by atoms with van der Waals surface area (Å²) in [6.45, 7) is -0.697. The highest BCUT2D eigenvalue weighted by Gasteiger charge is 2.30. The van der Waals surface area contributed by atoms with E-state index in [1.165, 1.54) is 12.4 Å². The van der Waals surface area contributed by atoms with Gasteiger partial charge in [0.25, 0.3) is 0 Å². The number of nitrogens with two attached hydrogens (primary N) is 4. The average molecular weight is 1980 g/mol. The third-order valence-electron chi connectivity index (χ3n) is 20.1. The van der Waals surface area contributed by atoms with Gasteiger partial charge in [0.1, 0.15) is 50.6 Å². The topological polar surface area (TPSA) is 682 Å². The number of hydrogen-bond donors (Lipinski definition) is 25. The first kappa shape index (κ1) is 113. The first-order valence-electron chi connectivity index (χ1n) is 44.2. The molecule has 0 unspecified atom stereocenters. The Morgan fingerprint density at radius 1 is 0.316 bits per heavy atom. The molecule has 0 aliphatic carbocycles. The van der Waals surface area contributed by atoms with E-state index in [1.54, 1.807) is 114 Å². The predicted octanol–water partition coefficient (Wildman–Crippen LogP) is 2.50. The number of nitrogens with one attached hydrogen (secondary N) is 21. The number of hydrogen-bond acceptors (Lipinski definition) is 24. The maximum absolute atomic E-state index is 14.9. The molecule has 29 N–H and O–H groups in total. The van der Waals surface area contributed by atoms with Crippen molar-refractivity contribution in [2.24, 2.45) is 22.9 Å². The highest BCUT2D eigenvalue weighted by Crippen LogP contribution is 2.22. The van der Waals surface area contributed by atoms with Crippen LogP contribution in [0.15, 0.2) is 122 Å². The van der Waals surface area contributed by atoms with Crippen molar-refractivity contribution in [3.63, 3.8) is 0 Å². The van der Waals surface area contributed by atoms with Gasteiger partial charge in [-0.3, -0.25) is 74.7 Å². The molecular formula is C87H126Cl4N28O17. The first-order chi connectivity index (χ1) is 65.3. The van der Waals surface area contributed by atoms with Crippen LogP contribution in [0.25, 0.3) is 0 Å². The Balaban J connectivity index is 1.35. The van der Waals surface area contributed by atoms with Crippen molar-refractivity contribution in [2.75, 3.05) is 117 Å². The minimum absolute atomic E-state index is 0.0635. The Kier molecular flexibility index (Phi) is 54.8. The van der Waals surface area contributed by atoms with Crippen LogP contribution in [-0.2, 0) is 88.5 Å². The van der Waals surface area contributed by atoms with Crippen LogP contribution in [-0.4, -0.2) is 258 Å². The Hall–Kier alpha value is -13.5. The van der Waals surface area contributed by atoms with Gasteiger partial charge >= 0.3 is 24.4 Å². The minimum atomic E-state index is -1.14. The van der Waals surface area contributed by atoms with Gasteiger partial charge in [0.2, 0.25) is 53.2 Å². The summed E-state index contributed by atoms with van der Waals surface area (Å²) in [6, 6.07) is 24.5. The van der Waals surface area contributed by atoms with Gasteiger partial charge in [-0.2, -0.15) is 0 Å². The van der Waals surface area contributed by atoms with Crippen LogP contribution in [0.1, 0.15) is 119 Å². The number of carbonyl (C=O) groups excluding carboxylic acids is 13. The van der Waals surface area contributed by atoms with E-state index in [0.717, 1.165) is 0 Å². The second kappa shape index (κ2) is 66.0. The number of aromatic nitrogens is 1. The number of benzene rings is 4. The van der Waals surface area contributed by atoms with Gasteiger partial charge in [0, 0.05) is 179 Å². The Labute approximate surface area is 808 Å². The SMILES string of the molecule is N=C(N)NCCC[C@H](NC(=O)OCc1ccccc1Cl)C(=O)NCCNC(=O)CCN(CCCC[C@H](C(=O)Nc1cccnc1)N(CCC(=O)NCCNC(=O)[C@H](CCCNC(=N)N)NC(=O)OCc1ccccc1Cl)CCC(=O)NCCNC(=O)[C@H](CCCNC(=N)N)NC(=O)OCc1ccccc1Cl)CCC(=O)NCCNC(=O)[C@H](CCCNC(=N)N)NC(=O)OCc1ccccc1Cl. The molecular weight excluding hydrogens is 1850 g/mol. The molecule has 5 aromatic rings. The van der Waals surface area contributed by atoms with Crippen LogP contribution in [0.4, 0.5) is 24.9 Å². The molecule has 0 saturated carbocycles. The van der Waals surface area contributed by atoms with Crippen molar-refractivity contribution in [1.29, 1.82) is 21.6 Å². The number of carbonyl (C=O) groups is 13. The van der Waals surface area contributed by atoms with Crippen LogP contribution in [0.5, 0.6) is 0 Å². The summed E-state index contributed by atoms with van der Waals surface area (Å²) in [5.41, 5.74) is 24.2. The van der Waals surface area contributed by atoms with Gasteiger partial charge in [0.15, 0.2) is 23.8 Å². The summed E-state index contributed by atoms with van der Waals surface area (Å²) in [4.78, 5) is 185. The molecule has 0 aliphatic heterocycles. The number of ether oxygens (including phenoxy) is 4. The molecule has 0 bridgehead atoms. The molecule has 1 heterocycles. The van der Waals surface area contributed by atoms with E-state index in [0.29, 0.717) is 67.3 Å². The Morgan fingerprint density at radius 2 is 0.596 bits per heavy atom. The van der Waals surface area contributed by atoms with Crippen LogP contribution < -0.4 is 113 Å². The van der Waals surface area contributed by atoms with Crippen molar-refractivity contribution in [2.45, 2.75) is 153 Å². The Bertz CT molecular complexity index is 4440. The summed E-state index contributed by atoms with van der Waals surface area (Å²) in [6.07, 6.45) is 0.611. The summed E-state index contributed by atoms with van der Waals surface area (Å²) in [5.74, 6) is -6.19. The van der Waals surface area contributed by atoms with Crippen LogP contribution in [0.3, 0.4) is 0 Å². The standard InChI is InChI=1S/C87H126Cl4N28O17/c88-62-21-5-1-16-57(62)53-133-84(129)114-66(25-12-35-109-80(92)93)75(124)105-43-39-101-71(120)30-48-118(49-31-72(121)102-40-44-106-76(125)67(26-13-36-110-81(94)95)115-85(130)134-54-58-17-2-6-22-63(58)89)47-10-9-29-70(79(128)113-61-20-11-34-100-52-61)119(50-32-73(122)103-41-45-107-77(126)68(27-14-37-111-82(96)97)116-86(131)135-55-59-18-3-7-23-64(59)90)51-33-74(123)104-42-46-108-78(127)69(28-15-38-112-83(98)99)117-87(132)136-56-60-19-4-8-24-65(60)91/h1-8,11,16-24,34,52,66-70H,9-10,12-15,25-33,35-51,53-56H2,(H,101,120)(H,102,121)(H,103,122)(H,104,123)(H,105,124)(H,106,125)(H,107,126)(H,108,127)(H,113,128)(H,114,129)(H,115,130)(H,116,131)(H,117,132)(H4,92,93,109)(H4,94,95,110)(H4,96,97,111)(H4,98,99,112)/t66-,67-,68-,69-,70+/m0/s1. The molecule has 0 saturated heterocycles. The molecule has 744 valence electrons. The fraction of sp³-hybridized carbons (Fsp3) is 0.471. The van der Waals surface area contributed by atoms with E-state index >= 15 is 0 Å². The summed E-state index contributed by atoms with van der Waals surface area (Å²) in [7, 11) is 0. The molecule has 0 aliphatic rings. The second-order valence-electron chi connectivity index (χ2n) is 30.6. The van der Waals surface area contributed by atoms with Gasteiger partial charge in [-0.05, 0) is 107 Å². The van der Waals surface area contributed by atoms with E-state index < -0.39 is 108 Å². The van der Waals surface area contributed by atoms with Gasteiger partial charge in [-0.15, -0.1) is 0 Å². The Morgan fingerprint density at radius 3 is 0.868 bits per heavy atom. The number of alkyl carbamates (subject to hydrolysis) is 4. The predicted molar refractivity (Wildman–Crippen MR) is 512 cm³/mol. The maximum Gasteiger partial charge on any atom is 0.408 e. The molecule has 0 fully saturated rings. The highest BCUT2D eigenvalue weighted by atomic mass is 35.5. The van der Waals surface area contributed by atoms with Crippen LogP contribution >= 0.6 is 46.4 Å². The van der Waals surface area contributed by atoms with Gasteiger partial charge in [-0.25, -0.2) is 19.2 Å². The quantitative estimate of drug-likeness (QED) is 0.0115. The summed E-state index contributed by atoms with van der Waals surface area (Å²) < 4.78 is 21.5. The lowest BCUT2D eigenvalue weighted by molar-refractivity contribution is -0.126. The largest absolute Gasteiger partial charge is 0.445 e. The zero-order valence-electron chi connectivity index (χ0n) is 75.5. The molecule has 4 aromatic carbocycles. The van der Waals surface area contributed by atoms with E-state index in [4.69, 9.17) is 110 Å². The lowest BCUT2D eigenvalue weighted by Crippen LogP contribution is -2.49. The molecule has 5 atom stereocenters. The van der Waals surface area contributed by atoms with Crippen molar-refractivity contribution in [3.05, 3.63) is 164 Å². The summed E-state index contributed by atoms with van der Waals surface area (Å²) in [5, 5.41) is 77.2. The molecule has 0 radical (unpaired) electrons.